The van der Waals surface area contributed by atoms with Crippen molar-refractivity contribution in [3.8, 4) is 0 Å². The van der Waals surface area contributed by atoms with Gasteiger partial charge in [0.05, 0.1) is 30.6 Å². The molecule has 0 saturated carbocycles. The molecule has 1 amide bonds. The maximum absolute atomic E-state index is 12.0. The molecule has 2 unspecified atom stereocenters. The van der Waals surface area contributed by atoms with E-state index in [0.29, 0.717) is 34.6 Å². The number of hydrogen-bond donors (Lipinski definition) is 1. The molecule has 186 valence electrons. The number of hydrogen-bond acceptors (Lipinski definition) is 6. The van der Waals surface area contributed by atoms with Crippen LogP contribution in [-0.2, 0) is 26.5 Å². The number of nitrogens with one attached hydrogen (secondary N) is 1. The second-order valence-corrected chi connectivity index (χ2v) is 11.1. The quantitative estimate of drug-likeness (QED) is 0.343. The van der Waals surface area contributed by atoms with Gasteiger partial charge in [-0.15, -0.1) is 11.8 Å². The molecule has 35 heavy (non-hydrogen) atoms. The third kappa shape index (κ3) is 6.92. The van der Waals surface area contributed by atoms with Crippen LogP contribution in [0.25, 0.3) is 0 Å². The van der Waals surface area contributed by atoms with E-state index in [0.717, 1.165) is 10.5 Å². The number of carbonyl (C=O) groups is 1. The van der Waals surface area contributed by atoms with E-state index in [-0.39, 0.29) is 6.10 Å². The van der Waals surface area contributed by atoms with E-state index in [4.69, 9.17) is 37.4 Å². The molecule has 2 atom stereocenters. The summed E-state index contributed by atoms with van der Waals surface area (Å²) in [5.41, 5.74) is 0.843. The fourth-order valence-electron chi connectivity index (χ4n) is 3.62. The molecule has 7 nitrogen and oxygen atoms in total. The first-order valence-corrected chi connectivity index (χ1v) is 12.8. The Labute approximate surface area is 219 Å². The summed E-state index contributed by atoms with van der Waals surface area (Å²) < 4.78 is 19.9. The number of anilines is 1. The average Bonchev–Trinajstić information content (AvgIpc) is 3.42. The van der Waals surface area contributed by atoms with Gasteiger partial charge in [0.1, 0.15) is 5.60 Å². The molecule has 1 aliphatic rings. The van der Waals surface area contributed by atoms with Crippen molar-refractivity contribution in [1.82, 2.24) is 9.55 Å². The molecule has 0 bridgehead atoms. The average molecular weight is 536 g/mol. The minimum atomic E-state index is -1.05. The van der Waals surface area contributed by atoms with E-state index in [2.05, 4.69) is 10.3 Å². The lowest BCUT2D eigenvalue weighted by Gasteiger charge is -2.30. The van der Waals surface area contributed by atoms with Gasteiger partial charge in [-0.2, -0.15) is 0 Å². The zero-order valence-corrected chi connectivity index (χ0v) is 22.0. The molecule has 3 aromatic rings. The van der Waals surface area contributed by atoms with Crippen LogP contribution >= 0.6 is 35.0 Å². The van der Waals surface area contributed by atoms with E-state index >= 15 is 0 Å². The number of carbonyl (C=O) groups excluding carboxylic acids is 1. The summed E-state index contributed by atoms with van der Waals surface area (Å²) >= 11 is 14.3. The van der Waals surface area contributed by atoms with Crippen molar-refractivity contribution in [2.75, 3.05) is 17.7 Å². The van der Waals surface area contributed by atoms with E-state index in [1.165, 1.54) is 0 Å². The Kier molecular flexibility index (Phi) is 7.98. The standard InChI is InChI=1S/C25H27Cl2N3O4S/c1-24(2,3)34-23(31)29-18-5-7-20(8-6-18)35-14-19-13-32-25(33-19,15-30-11-10-28-16-30)21-9-4-17(26)12-22(21)27/h4-12,16,19H,13-15H2,1-3H3,(H,29,31). The van der Waals surface area contributed by atoms with Gasteiger partial charge in [0.2, 0.25) is 5.79 Å². The van der Waals surface area contributed by atoms with Crippen molar-refractivity contribution in [2.45, 2.75) is 49.7 Å². The fraction of sp³-hybridized carbons (Fsp3) is 0.360. The van der Waals surface area contributed by atoms with Crippen LogP contribution in [0.5, 0.6) is 0 Å². The Morgan fingerprint density at radius 3 is 2.69 bits per heavy atom. The topological polar surface area (TPSA) is 74.6 Å². The lowest BCUT2D eigenvalue weighted by atomic mass is 10.1. The zero-order chi connectivity index (χ0) is 25.1. The summed E-state index contributed by atoms with van der Waals surface area (Å²) in [6, 6.07) is 12.9. The maximum Gasteiger partial charge on any atom is 0.412 e. The molecule has 1 aromatic heterocycles. The predicted molar refractivity (Wildman–Crippen MR) is 138 cm³/mol. The molecule has 1 saturated heterocycles. The third-order valence-electron chi connectivity index (χ3n) is 5.09. The van der Waals surface area contributed by atoms with Crippen LogP contribution in [-0.4, -0.2) is 39.7 Å². The van der Waals surface area contributed by atoms with Crippen molar-refractivity contribution < 1.29 is 19.0 Å². The first-order chi connectivity index (χ1) is 16.6. The van der Waals surface area contributed by atoms with E-state index < -0.39 is 17.5 Å². The number of benzene rings is 2. The molecule has 2 aromatic carbocycles. The molecule has 0 radical (unpaired) electrons. The molecule has 1 fully saturated rings. The Balaban J connectivity index is 1.39. The van der Waals surface area contributed by atoms with Crippen LogP contribution in [0.2, 0.25) is 10.0 Å². The summed E-state index contributed by atoms with van der Waals surface area (Å²) in [4.78, 5) is 17.1. The van der Waals surface area contributed by atoms with Gasteiger partial charge < -0.3 is 18.8 Å². The Hall–Kier alpha value is -2.23. The number of thioether (sulfide) groups is 1. The second-order valence-electron chi connectivity index (χ2n) is 9.13. The molecule has 0 aliphatic carbocycles. The highest BCUT2D eigenvalue weighted by molar-refractivity contribution is 7.99. The van der Waals surface area contributed by atoms with Gasteiger partial charge in [0, 0.05) is 39.3 Å². The van der Waals surface area contributed by atoms with Crippen LogP contribution in [0, 0.1) is 0 Å². The Morgan fingerprint density at radius 1 is 1.26 bits per heavy atom. The molecule has 1 N–H and O–H groups in total. The highest BCUT2D eigenvalue weighted by Crippen LogP contribution is 2.41. The van der Waals surface area contributed by atoms with E-state index in [1.807, 2.05) is 61.9 Å². The minimum Gasteiger partial charge on any atom is -0.444 e. The summed E-state index contributed by atoms with van der Waals surface area (Å²) in [5, 5.41) is 3.77. The van der Waals surface area contributed by atoms with Crippen LogP contribution in [0.3, 0.4) is 0 Å². The summed E-state index contributed by atoms with van der Waals surface area (Å²) in [6.45, 7) is 6.30. The molecular formula is C25H27Cl2N3O4S. The number of rotatable bonds is 7. The molecule has 10 heteroatoms. The minimum absolute atomic E-state index is 0.158. The predicted octanol–water partition coefficient (Wildman–Crippen LogP) is 6.60. The molecule has 4 rings (SSSR count). The monoisotopic (exact) mass is 535 g/mol. The molecular weight excluding hydrogens is 509 g/mol. The first kappa shape index (κ1) is 25.9. The van der Waals surface area contributed by atoms with Crippen molar-refractivity contribution in [2.24, 2.45) is 0 Å². The smallest absolute Gasteiger partial charge is 0.412 e. The van der Waals surface area contributed by atoms with Crippen LogP contribution < -0.4 is 5.32 Å². The van der Waals surface area contributed by atoms with Gasteiger partial charge in [-0.3, -0.25) is 5.32 Å². The lowest BCUT2D eigenvalue weighted by molar-refractivity contribution is -0.184. The van der Waals surface area contributed by atoms with E-state index in [9.17, 15) is 4.79 Å². The number of nitrogens with zero attached hydrogens (tertiary/aromatic N) is 2. The SMILES string of the molecule is CC(C)(C)OC(=O)Nc1ccc(SCC2COC(Cn3ccnc3)(c3ccc(Cl)cc3Cl)O2)cc1. The highest BCUT2D eigenvalue weighted by Gasteiger charge is 2.45. The second kappa shape index (κ2) is 10.8. The molecule has 2 heterocycles. The summed E-state index contributed by atoms with van der Waals surface area (Å²) in [7, 11) is 0. The van der Waals surface area contributed by atoms with Gasteiger partial charge in [-0.25, -0.2) is 9.78 Å². The van der Waals surface area contributed by atoms with Gasteiger partial charge in [-0.1, -0.05) is 29.3 Å². The van der Waals surface area contributed by atoms with Gasteiger partial charge in [-0.05, 0) is 57.2 Å². The first-order valence-electron chi connectivity index (χ1n) is 11.1. The normalized spacial score (nSPS) is 20.1. The van der Waals surface area contributed by atoms with Gasteiger partial charge >= 0.3 is 6.09 Å². The lowest BCUT2D eigenvalue weighted by Crippen LogP contribution is -2.34. The summed E-state index contributed by atoms with van der Waals surface area (Å²) in [6.07, 6.45) is 4.64. The molecule has 1 aliphatic heterocycles. The number of ether oxygens (including phenoxy) is 3. The third-order valence-corrected chi connectivity index (χ3v) is 6.78. The van der Waals surface area contributed by atoms with Crippen LogP contribution in [0.1, 0.15) is 26.3 Å². The number of imidazole rings is 1. The van der Waals surface area contributed by atoms with Crippen molar-refractivity contribution in [3.05, 3.63) is 76.8 Å². The van der Waals surface area contributed by atoms with Gasteiger partial charge in [0.25, 0.3) is 0 Å². The number of aromatic nitrogens is 2. The number of amides is 1. The number of halogens is 2. The largest absolute Gasteiger partial charge is 0.444 e. The van der Waals surface area contributed by atoms with Crippen molar-refractivity contribution >= 4 is 46.7 Å². The molecule has 0 spiro atoms. The fourth-order valence-corrected chi connectivity index (χ4v) is 5.04. The van der Waals surface area contributed by atoms with Crippen molar-refractivity contribution in [1.29, 1.82) is 0 Å². The van der Waals surface area contributed by atoms with Crippen molar-refractivity contribution in [3.63, 3.8) is 0 Å². The Bertz CT molecular complexity index is 1150. The zero-order valence-electron chi connectivity index (χ0n) is 19.7. The highest BCUT2D eigenvalue weighted by atomic mass is 35.5. The van der Waals surface area contributed by atoms with Crippen LogP contribution in [0.4, 0.5) is 10.5 Å². The maximum atomic E-state index is 12.0. The summed E-state index contributed by atoms with van der Waals surface area (Å²) in [5.74, 6) is -0.371. The Morgan fingerprint density at radius 2 is 2.03 bits per heavy atom. The van der Waals surface area contributed by atoms with Crippen LogP contribution in [0.15, 0.2) is 66.1 Å². The van der Waals surface area contributed by atoms with E-state index in [1.54, 1.807) is 36.4 Å². The van der Waals surface area contributed by atoms with Gasteiger partial charge in [0.15, 0.2) is 0 Å².